The van der Waals surface area contributed by atoms with Crippen molar-refractivity contribution in [1.29, 1.82) is 0 Å². The zero-order valence-electron chi connectivity index (χ0n) is 11.3. The number of hydrogen-bond donors (Lipinski definition) is 1. The van der Waals surface area contributed by atoms with Crippen LogP contribution in [-0.2, 0) is 20.9 Å². The number of hydrogen-bond acceptors (Lipinski definition) is 3. The maximum Gasteiger partial charge on any atom is 0.310 e. The van der Waals surface area contributed by atoms with Crippen molar-refractivity contribution in [2.24, 2.45) is 11.8 Å². The van der Waals surface area contributed by atoms with E-state index in [9.17, 15) is 14.7 Å². The van der Waals surface area contributed by atoms with Crippen molar-refractivity contribution in [2.75, 3.05) is 6.54 Å². The molecule has 0 aliphatic carbocycles. The number of likely N-dealkylation sites (tertiary alicyclic amines) is 1. The van der Waals surface area contributed by atoms with Crippen LogP contribution in [0.4, 0.5) is 0 Å². The Hall–Kier alpha value is -2.14. The van der Waals surface area contributed by atoms with Gasteiger partial charge in [-0.2, -0.15) is 0 Å². The third-order valence-corrected chi connectivity index (χ3v) is 4.68. The molecule has 5 nitrogen and oxygen atoms in total. The van der Waals surface area contributed by atoms with Gasteiger partial charge >= 0.3 is 5.97 Å². The summed E-state index contributed by atoms with van der Waals surface area (Å²) >= 11 is 0. The normalized spacial score (nSPS) is 36.3. The number of aliphatic carboxylic acids is 1. The minimum Gasteiger partial charge on any atom is -0.481 e. The number of benzene rings is 1. The third kappa shape index (κ3) is 1.67. The van der Waals surface area contributed by atoms with Gasteiger partial charge in [0.1, 0.15) is 11.5 Å². The standard InChI is InChI=1S/C16H15NO4/c18-14-13-12(15(19)20)11-6-7-16(13,21-11)9-17(14)8-10-4-2-1-3-5-10/h1-7,11-13H,8-9H2,(H,19,20)/t11-,12-,13+,16-/m1/s1. The largest absolute Gasteiger partial charge is 0.481 e. The summed E-state index contributed by atoms with van der Waals surface area (Å²) in [6.07, 6.45) is 3.20. The summed E-state index contributed by atoms with van der Waals surface area (Å²) < 4.78 is 5.84. The fourth-order valence-corrected chi connectivity index (χ4v) is 3.80. The molecule has 0 radical (unpaired) electrons. The fourth-order valence-electron chi connectivity index (χ4n) is 3.80. The lowest BCUT2D eigenvalue weighted by Gasteiger charge is -2.21. The monoisotopic (exact) mass is 285 g/mol. The molecule has 2 saturated heterocycles. The van der Waals surface area contributed by atoms with Crippen molar-refractivity contribution in [2.45, 2.75) is 18.2 Å². The first-order chi connectivity index (χ1) is 10.1. The van der Waals surface area contributed by atoms with Crippen molar-refractivity contribution >= 4 is 11.9 Å². The molecule has 0 aromatic heterocycles. The van der Waals surface area contributed by atoms with Crippen molar-refractivity contribution in [3.8, 4) is 0 Å². The Balaban J connectivity index is 1.63. The van der Waals surface area contributed by atoms with Gasteiger partial charge in [-0.15, -0.1) is 0 Å². The Morgan fingerprint density at radius 3 is 2.86 bits per heavy atom. The SMILES string of the molecule is O=C(O)[C@H]1[C@H]2C(=O)N(Cc3ccccc3)C[C@]23C=C[C@H]1O3. The van der Waals surface area contributed by atoms with E-state index in [1.54, 1.807) is 11.0 Å². The predicted octanol–water partition coefficient (Wildman–Crippen LogP) is 1.05. The van der Waals surface area contributed by atoms with Gasteiger partial charge in [-0.05, 0) is 5.56 Å². The van der Waals surface area contributed by atoms with Crippen LogP contribution < -0.4 is 0 Å². The molecular formula is C16H15NO4. The van der Waals surface area contributed by atoms with E-state index >= 15 is 0 Å². The van der Waals surface area contributed by atoms with E-state index in [0.29, 0.717) is 13.1 Å². The summed E-state index contributed by atoms with van der Waals surface area (Å²) in [4.78, 5) is 25.8. The minimum absolute atomic E-state index is 0.113. The molecule has 108 valence electrons. The van der Waals surface area contributed by atoms with Crippen LogP contribution in [0.1, 0.15) is 5.56 Å². The number of ether oxygens (including phenoxy) is 1. The second-order valence-corrected chi connectivity index (χ2v) is 5.92. The molecule has 21 heavy (non-hydrogen) atoms. The Morgan fingerprint density at radius 2 is 2.14 bits per heavy atom. The Morgan fingerprint density at radius 1 is 1.38 bits per heavy atom. The van der Waals surface area contributed by atoms with Gasteiger partial charge in [-0.1, -0.05) is 42.5 Å². The van der Waals surface area contributed by atoms with E-state index < -0.39 is 29.5 Å². The molecule has 1 N–H and O–H groups in total. The first kappa shape index (κ1) is 12.6. The first-order valence-electron chi connectivity index (χ1n) is 7.03. The molecule has 1 aromatic carbocycles. The lowest BCUT2D eigenvalue weighted by Crippen LogP contribution is -2.39. The van der Waals surface area contributed by atoms with E-state index in [1.807, 2.05) is 36.4 Å². The van der Waals surface area contributed by atoms with Crippen LogP contribution in [-0.4, -0.2) is 40.1 Å². The molecule has 3 aliphatic rings. The minimum atomic E-state index is -0.953. The number of carbonyl (C=O) groups is 2. The highest BCUT2D eigenvalue weighted by molar-refractivity contribution is 5.90. The molecule has 3 aliphatic heterocycles. The highest BCUT2D eigenvalue weighted by atomic mass is 16.5. The molecule has 0 unspecified atom stereocenters. The summed E-state index contributed by atoms with van der Waals surface area (Å²) in [7, 11) is 0. The summed E-state index contributed by atoms with van der Waals surface area (Å²) in [5.74, 6) is -2.42. The van der Waals surface area contributed by atoms with Gasteiger partial charge in [0.25, 0.3) is 0 Å². The summed E-state index contributed by atoms with van der Waals surface area (Å²) in [5.41, 5.74) is 0.298. The van der Waals surface area contributed by atoms with Gasteiger partial charge in [-0.3, -0.25) is 9.59 Å². The highest BCUT2D eigenvalue weighted by Crippen LogP contribution is 2.52. The number of amides is 1. The predicted molar refractivity (Wildman–Crippen MR) is 73.2 cm³/mol. The molecule has 4 atom stereocenters. The summed E-state index contributed by atoms with van der Waals surface area (Å²) in [6.45, 7) is 0.925. The lowest BCUT2D eigenvalue weighted by molar-refractivity contribution is -0.148. The molecule has 2 fully saturated rings. The molecule has 2 bridgehead atoms. The first-order valence-corrected chi connectivity index (χ1v) is 7.03. The van der Waals surface area contributed by atoms with Crippen LogP contribution in [0.25, 0.3) is 0 Å². The van der Waals surface area contributed by atoms with Crippen molar-refractivity contribution < 1.29 is 19.4 Å². The second-order valence-electron chi connectivity index (χ2n) is 5.92. The van der Waals surface area contributed by atoms with Crippen LogP contribution in [0.15, 0.2) is 42.5 Å². The summed E-state index contributed by atoms with van der Waals surface area (Å²) in [6, 6.07) is 9.70. The quantitative estimate of drug-likeness (QED) is 0.843. The average molecular weight is 285 g/mol. The van der Waals surface area contributed by atoms with Crippen molar-refractivity contribution in [3.05, 3.63) is 48.0 Å². The van der Waals surface area contributed by atoms with E-state index in [1.165, 1.54) is 0 Å². The number of rotatable bonds is 3. The Kier molecular flexibility index (Phi) is 2.50. The highest BCUT2D eigenvalue weighted by Gasteiger charge is 2.66. The zero-order chi connectivity index (χ0) is 14.6. The molecule has 1 amide bonds. The van der Waals surface area contributed by atoms with Crippen LogP contribution in [0.2, 0.25) is 0 Å². The van der Waals surface area contributed by atoms with E-state index in [-0.39, 0.29) is 5.91 Å². The summed E-state index contributed by atoms with van der Waals surface area (Å²) in [5, 5.41) is 9.39. The number of carbonyl (C=O) groups excluding carboxylic acids is 1. The Labute approximate surface area is 121 Å². The van der Waals surface area contributed by atoms with Gasteiger partial charge in [0.15, 0.2) is 0 Å². The lowest BCUT2D eigenvalue weighted by atomic mass is 9.77. The topological polar surface area (TPSA) is 66.8 Å². The van der Waals surface area contributed by atoms with Crippen LogP contribution in [0.3, 0.4) is 0 Å². The zero-order valence-corrected chi connectivity index (χ0v) is 11.3. The molecule has 4 rings (SSSR count). The van der Waals surface area contributed by atoms with Gasteiger partial charge in [0, 0.05) is 6.54 Å². The maximum absolute atomic E-state index is 12.6. The van der Waals surface area contributed by atoms with E-state index in [0.717, 1.165) is 5.56 Å². The number of carboxylic acids is 1. The van der Waals surface area contributed by atoms with Crippen LogP contribution in [0.5, 0.6) is 0 Å². The van der Waals surface area contributed by atoms with Gasteiger partial charge < -0.3 is 14.7 Å². The molecule has 5 heteroatoms. The maximum atomic E-state index is 12.6. The molecule has 1 spiro atoms. The number of nitrogens with zero attached hydrogens (tertiary/aromatic N) is 1. The van der Waals surface area contributed by atoms with Gasteiger partial charge in [0.2, 0.25) is 5.91 Å². The molecule has 0 saturated carbocycles. The number of carboxylic acid groups (broad SMARTS) is 1. The van der Waals surface area contributed by atoms with Gasteiger partial charge in [-0.25, -0.2) is 0 Å². The Bertz CT molecular complexity index is 641. The van der Waals surface area contributed by atoms with Crippen LogP contribution in [0, 0.1) is 11.8 Å². The molecule has 3 heterocycles. The molecule has 1 aromatic rings. The van der Waals surface area contributed by atoms with Crippen LogP contribution >= 0.6 is 0 Å². The molecular weight excluding hydrogens is 270 g/mol. The third-order valence-electron chi connectivity index (χ3n) is 4.68. The van der Waals surface area contributed by atoms with Crippen molar-refractivity contribution in [1.82, 2.24) is 4.90 Å². The number of fused-ring (bicyclic) bond motifs is 1. The second kappa shape index (κ2) is 4.18. The van der Waals surface area contributed by atoms with E-state index in [2.05, 4.69) is 0 Å². The van der Waals surface area contributed by atoms with E-state index in [4.69, 9.17) is 4.74 Å². The fraction of sp³-hybridized carbons (Fsp3) is 0.375. The average Bonchev–Trinajstić information content (AvgIpc) is 3.09. The van der Waals surface area contributed by atoms with Crippen molar-refractivity contribution in [3.63, 3.8) is 0 Å². The van der Waals surface area contributed by atoms with Gasteiger partial charge in [0.05, 0.1) is 18.6 Å². The smallest absolute Gasteiger partial charge is 0.310 e.